The van der Waals surface area contributed by atoms with Crippen molar-refractivity contribution in [2.75, 3.05) is 21.3 Å². The molecule has 0 aromatic heterocycles. The second kappa shape index (κ2) is 39.8. The van der Waals surface area contributed by atoms with Crippen molar-refractivity contribution in [3.8, 4) is 0 Å². The highest BCUT2D eigenvalue weighted by Crippen LogP contribution is 2.11. The van der Waals surface area contributed by atoms with Gasteiger partial charge in [-0.3, -0.25) is 47.9 Å². The summed E-state index contributed by atoms with van der Waals surface area (Å²) >= 11 is 0. The molecule has 0 aromatic rings. The summed E-state index contributed by atoms with van der Waals surface area (Å²) in [7, 11) is 2.88. The Labute approximate surface area is 483 Å². The SMILES string of the molecule is COC(=O)C(CCC(N)=O)NC(=O)CCC(NC(=O)CCC(NC(=O)CCC(NC(=O)CCC(NC(=O)CCC(NC(=O)CCC(NC(=O)CCC(NC(=O)CCC(C)C(=O)O)C(=O)O)C(=O)OC)C(=O)O)C(=O)O)C(=O)OC)C(=O)O)C(=O)O. The van der Waals surface area contributed by atoms with Crippen LogP contribution in [0.1, 0.15) is 122 Å². The molecule has 0 radical (unpaired) electrons. The fraction of sp³-hybridized carbons (Fsp3) is 0.633. The van der Waals surface area contributed by atoms with Crippen LogP contribution in [0.4, 0.5) is 0 Å². The molecule has 0 aromatic carbocycles. The van der Waals surface area contributed by atoms with Crippen LogP contribution in [0, 0.1) is 5.92 Å². The first-order valence-corrected chi connectivity index (χ1v) is 26.0. The van der Waals surface area contributed by atoms with E-state index in [4.69, 9.17) is 10.8 Å². The zero-order valence-corrected chi connectivity index (χ0v) is 46.8. The molecule has 16 N–H and O–H groups in total. The number of carboxylic acid groups (broad SMARTS) is 6. The van der Waals surface area contributed by atoms with Gasteiger partial charge in [0.15, 0.2) is 0 Å². The van der Waals surface area contributed by atoms with Crippen molar-refractivity contribution in [2.45, 2.75) is 171 Å². The molecule has 0 rings (SSSR count). The molecule has 9 unspecified atom stereocenters. The number of hydrogen-bond acceptors (Lipinski definition) is 21. The quantitative estimate of drug-likeness (QED) is 0.0201. The summed E-state index contributed by atoms with van der Waals surface area (Å²) in [4.78, 5) is 220. The van der Waals surface area contributed by atoms with E-state index < -0.39 is 251 Å². The van der Waals surface area contributed by atoms with E-state index in [1.165, 1.54) is 6.92 Å². The van der Waals surface area contributed by atoms with Crippen LogP contribution in [0.25, 0.3) is 0 Å². The molecule has 0 bridgehead atoms. The van der Waals surface area contributed by atoms with Crippen LogP contribution in [-0.2, 0) is 101 Å². The molecule has 0 spiro atoms. The van der Waals surface area contributed by atoms with E-state index in [1.807, 2.05) is 0 Å². The zero-order valence-electron chi connectivity index (χ0n) is 46.8. The van der Waals surface area contributed by atoms with E-state index in [2.05, 4.69) is 56.7 Å². The van der Waals surface area contributed by atoms with E-state index in [1.54, 1.807) is 0 Å². The molecule has 0 aliphatic heterocycles. The lowest BCUT2D eigenvalue weighted by atomic mass is 10.0. The molecular weight excluding hydrogens is 1150 g/mol. The van der Waals surface area contributed by atoms with Gasteiger partial charge in [0, 0.05) is 57.8 Å². The van der Waals surface area contributed by atoms with Gasteiger partial charge in [-0.1, -0.05) is 6.92 Å². The van der Waals surface area contributed by atoms with Crippen molar-refractivity contribution >= 4 is 107 Å². The van der Waals surface area contributed by atoms with Gasteiger partial charge in [-0.15, -0.1) is 0 Å². The first kappa shape index (κ1) is 75.5. The lowest BCUT2D eigenvalue weighted by Crippen LogP contribution is -2.46. The molecule has 85 heavy (non-hydrogen) atoms. The number of aliphatic carboxylic acids is 6. The molecule has 36 heteroatoms. The number of carbonyl (C=O) groups is 18. The minimum absolute atomic E-state index is 0.0960. The molecule has 0 saturated heterocycles. The van der Waals surface area contributed by atoms with E-state index in [9.17, 15) is 112 Å². The standard InChI is InChI=1S/C49H73N9O27/c1-23(41(68)69)5-15-33(60)51-24(42(70)71)9-19-39(66)57-30(48(81)84-3)12-21-36(63)55-26(44(74)75)8-17-35(62)53-28(46(78)79)11-20-40(67)58-31(49(82)85-4)13-22-37(64)54-25(43(72)73)7-16-34(61)52-27(45(76)77)10-18-38(65)56-29(47(80)83-2)6-14-32(50)59/h23-31H,5-22H2,1-4H3,(H2,50,59)(H,51,60)(H,52,61)(H,53,62)(H,54,64)(H,55,63)(H,56,65)(H,57,66)(H,58,67)(H,68,69)(H,70,71)(H,72,73)(H,74,75)(H,76,77)(H,78,79). The Morgan fingerprint density at radius 1 is 0.282 bits per heavy atom. The highest BCUT2D eigenvalue weighted by atomic mass is 16.5. The third kappa shape index (κ3) is 32.6. The number of hydrogen-bond donors (Lipinski definition) is 15. The monoisotopic (exact) mass is 1220 g/mol. The van der Waals surface area contributed by atoms with Gasteiger partial charge >= 0.3 is 53.7 Å². The van der Waals surface area contributed by atoms with Gasteiger partial charge in [-0.05, 0) is 57.8 Å². The second-order valence-corrected chi connectivity index (χ2v) is 18.8. The topological polar surface area (TPSA) is 579 Å². The van der Waals surface area contributed by atoms with E-state index in [-0.39, 0.29) is 25.7 Å². The summed E-state index contributed by atoms with van der Waals surface area (Å²) in [6.07, 6.45) is -9.24. The average molecular weight is 1220 g/mol. The molecule has 9 atom stereocenters. The summed E-state index contributed by atoms with van der Waals surface area (Å²) in [6.45, 7) is 1.34. The Bertz CT molecular complexity index is 2450. The van der Waals surface area contributed by atoms with Crippen LogP contribution >= 0.6 is 0 Å². The lowest BCUT2D eigenvalue weighted by Gasteiger charge is -2.20. The van der Waals surface area contributed by atoms with Gasteiger partial charge < -0.3 is 93.1 Å². The molecule has 0 aliphatic carbocycles. The van der Waals surface area contributed by atoms with Crippen molar-refractivity contribution in [1.29, 1.82) is 0 Å². The van der Waals surface area contributed by atoms with Crippen LogP contribution < -0.4 is 48.3 Å². The molecule has 36 nitrogen and oxygen atoms in total. The predicted molar refractivity (Wildman–Crippen MR) is 279 cm³/mol. The first-order valence-electron chi connectivity index (χ1n) is 26.0. The predicted octanol–water partition coefficient (Wildman–Crippen LogP) is -4.97. The Kier molecular flexibility index (Phi) is 35.3. The molecule has 0 saturated carbocycles. The summed E-state index contributed by atoms with van der Waals surface area (Å²) in [5.41, 5.74) is 5.07. The van der Waals surface area contributed by atoms with Crippen LogP contribution in [0.15, 0.2) is 0 Å². The zero-order chi connectivity index (χ0) is 65.1. The molecule has 0 aliphatic rings. The highest BCUT2D eigenvalue weighted by Gasteiger charge is 2.31. The number of esters is 3. The van der Waals surface area contributed by atoms with Crippen molar-refractivity contribution in [2.24, 2.45) is 11.7 Å². The smallest absolute Gasteiger partial charge is 0.328 e. The Balaban J connectivity index is 5.36. The number of amides is 9. The second-order valence-electron chi connectivity index (χ2n) is 18.8. The maximum absolute atomic E-state index is 12.9. The summed E-state index contributed by atoms with van der Waals surface area (Å²) in [6, 6.07) is -13.0. The molecule has 9 amide bonds. The van der Waals surface area contributed by atoms with Gasteiger partial charge in [0.1, 0.15) is 48.3 Å². The summed E-state index contributed by atoms with van der Waals surface area (Å²) < 4.78 is 13.8. The third-order valence-electron chi connectivity index (χ3n) is 12.2. The van der Waals surface area contributed by atoms with Crippen molar-refractivity contribution in [1.82, 2.24) is 42.5 Å². The van der Waals surface area contributed by atoms with Crippen molar-refractivity contribution in [3.05, 3.63) is 0 Å². The van der Waals surface area contributed by atoms with Gasteiger partial charge in [-0.25, -0.2) is 38.4 Å². The number of nitrogens with two attached hydrogens (primary N) is 1. The molecule has 0 heterocycles. The van der Waals surface area contributed by atoms with Gasteiger partial charge in [0.05, 0.1) is 27.2 Å². The summed E-state index contributed by atoms with van der Waals surface area (Å²) in [5.74, 6) is -21.6. The van der Waals surface area contributed by atoms with Gasteiger partial charge in [0.2, 0.25) is 53.2 Å². The largest absolute Gasteiger partial charge is 0.481 e. The first-order chi connectivity index (χ1) is 39.7. The van der Waals surface area contributed by atoms with Crippen molar-refractivity contribution < 1.29 is 131 Å². The van der Waals surface area contributed by atoms with Crippen LogP contribution in [0.3, 0.4) is 0 Å². The van der Waals surface area contributed by atoms with Crippen molar-refractivity contribution in [3.63, 3.8) is 0 Å². The fourth-order valence-corrected chi connectivity index (χ4v) is 7.28. The maximum Gasteiger partial charge on any atom is 0.328 e. The lowest BCUT2D eigenvalue weighted by molar-refractivity contribution is -0.146. The average Bonchev–Trinajstić information content (AvgIpc) is 3.50. The highest BCUT2D eigenvalue weighted by molar-refractivity contribution is 5.91. The minimum atomic E-state index is -1.79. The number of primary amides is 1. The van der Waals surface area contributed by atoms with E-state index in [0.29, 0.717) is 0 Å². The van der Waals surface area contributed by atoms with E-state index >= 15 is 0 Å². The minimum Gasteiger partial charge on any atom is -0.481 e. The fourth-order valence-electron chi connectivity index (χ4n) is 7.28. The van der Waals surface area contributed by atoms with Gasteiger partial charge in [-0.2, -0.15) is 0 Å². The van der Waals surface area contributed by atoms with Gasteiger partial charge in [0.25, 0.3) is 0 Å². The molecular formula is C49H73N9O27. The Morgan fingerprint density at radius 3 is 0.612 bits per heavy atom. The Morgan fingerprint density at radius 2 is 0.447 bits per heavy atom. The number of carboxylic acids is 6. The number of rotatable bonds is 44. The van der Waals surface area contributed by atoms with Crippen LogP contribution in [-0.4, -0.2) is 207 Å². The molecule has 476 valence electrons. The normalized spacial score (nSPS) is 13.8. The number of carbonyl (C=O) groups excluding carboxylic acids is 12. The Hall–Kier alpha value is -9.54. The van der Waals surface area contributed by atoms with Crippen LogP contribution in [0.5, 0.6) is 0 Å². The maximum atomic E-state index is 12.9. The third-order valence-corrected chi connectivity index (χ3v) is 12.2. The number of nitrogens with one attached hydrogen (secondary N) is 8. The van der Waals surface area contributed by atoms with Crippen LogP contribution in [0.2, 0.25) is 0 Å². The summed E-state index contributed by atoms with van der Waals surface area (Å²) in [5, 5.41) is 74.5. The van der Waals surface area contributed by atoms with E-state index in [0.717, 1.165) is 21.3 Å². The molecule has 0 fully saturated rings. The number of methoxy groups -OCH3 is 3. The number of ether oxygens (including phenoxy) is 3.